The fourth-order valence-electron chi connectivity index (χ4n) is 3.63. The van der Waals surface area contributed by atoms with E-state index in [1.807, 2.05) is 6.92 Å². The molecular formula is C16H31O5P. The van der Waals surface area contributed by atoms with Crippen LogP contribution in [0.3, 0.4) is 0 Å². The lowest BCUT2D eigenvalue weighted by atomic mass is 9.97. The van der Waals surface area contributed by atoms with E-state index in [1.165, 1.54) is 12.8 Å². The number of ether oxygens (including phenoxy) is 2. The van der Waals surface area contributed by atoms with Gasteiger partial charge in [-0.3, -0.25) is 4.57 Å². The fourth-order valence-corrected chi connectivity index (χ4v) is 4.72. The lowest BCUT2D eigenvalue weighted by Crippen LogP contribution is -2.43. The molecule has 0 bridgehead atoms. The molecule has 0 aromatic heterocycles. The van der Waals surface area contributed by atoms with Gasteiger partial charge in [0.25, 0.3) is 5.53 Å². The Kier molecular flexibility index (Phi) is 6.91. The monoisotopic (exact) mass is 334 g/mol. The smallest absolute Gasteiger partial charge is 0.337 e. The van der Waals surface area contributed by atoms with Gasteiger partial charge in [0.05, 0.1) is 12.2 Å². The highest BCUT2D eigenvalue weighted by atomic mass is 31.2. The lowest BCUT2D eigenvalue weighted by Gasteiger charge is -2.41. The Bertz CT molecular complexity index is 349. The molecule has 2 N–H and O–H groups in total. The topological polar surface area (TPSA) is 76.0 Å². The van der Waals surface area contributed by atoms with Crippen LogP contribution in [0, 0.1) is 0 Å². The molecule has 0 heterocycles. The zero-order valence-corrected chi connectivity index (χ0v) is 14.6. The molecule has 0 aliphatic heterocycles. The Morgan fingerprint density at radius 1 is 0.909 bits per heavy atom. The van der Waals surface area contributed by atoms with E-state index >= 15 is 0 Å². The van der Waals surface area contributed by atoms with E-state index < -0.39 is 13.1 Å². The van der Waals surface area contributed by atoms with E-state index in [2.05, 4.69) is 0 Å². The van der Waals surface area contributed by atoms with Gasteiger partial charge >= 0.3 is 7.60 Å². The third-order valence-electron chi connectivity index (χ3n) is 4.82. The molecule has 0 aromatic carbocycles. The summed E-state index contributed by atoms with van der Waals surface area (Å²) in [5.74, 6) is 0. The average molecular weight is 334 g/mol. The van der Waals surface area contributed by atoms with Crippen molar-refractivity contribution < 1.29 is 23.8 Å². The molecule has 2 aliphatic rings. The summed E-state index contributed by atoms with van der Waals surface area (Å²) in [6, 6.07) is 0. The lowest BCUT2D eigenvalue weighted by molar-refractivity contribution is -0.246. The molecule has 2 saturated carbocycles. The molecular weight excluding hydrogens is 303 g/mol. The van der Waals surface area contributed by atoms with E-state index in [9.17, 15) is 14.4 Å². The van der Waals surface area contributed by atoms with Crippen LogP contribution in [0.4, 0.5) is 0 Å². The first-order valence-corrected chi connectivity index (χ1v) is 10.5. The SMILES string of the molecule is CCCC(OC1CCCCC1)(OC1CCCCC1)P(=O)(O)O. The number of hydrogen-bond donors (Lipinski definition) is 2. The molecule has 130 valence electrons. The minimum Gasteiger partial charge on any atom is -0.337 e. The highest BCUT2D eigenvalue weighted by molar-refractivity contribution is 7.53. The van der Waals surface area contributed by atoms with Crippen LogP contribution in [0.25, 0.3) is 0 Å². The summed E-state index contributed by atoms with van der Waals surface area (Å²) < 4.78 is 24.2. The molecule has 0 radical (unpaired) electrons. The van der Waals surface area contributed by atoms with Crippen LogP contribution in [0.5, 0.6) is 0 Å². The molecule has 0 saturated heterocycles. The van der Waals surface area contributed by atoms with Crippen LogP contribution in [-0.2, 0) is 14.0 Å². The van der Waals surface area contributed by atoms with E-state index in [0.29, 0.717) is 6.42 Å². The number of hydrogen-bond acceptors (Lipinski definition) is 3. The second-order valence-electron chi connectivity index (χ2n) is 6.76. The molecule has 2 rings (SSSR count). The Labute approximate surface area is 133 Å². The highest BCUT2D eigenvalue weighted by Crippen LogP contribution is 2.56. The Morgan fingerprint density at radius 2 is 1.32 bits per heavy atom. The summed E-state index contributed by atoms with van der Waals surface area (Å²) in [5, 5.41) is 0. The van der Waals surface area contributed by atoms with Crippen LogP contribution < -0.4 is 0 Å². The van der Waals surface area contributed by atoms with E-state index in [-0.39, 0.29) is 18.6 Å². The fraction of sp³-hybridized carbons (Fsp3) is 1.00. The third kappa shape index (κ3) is 4.78. The van der Waals surface area contributed by atoms with Crippen molar-refractivity contribution in [1.82, 2.24) is 0 Å². The van der Waals surface area contributed by atoms with Crippen molar-refractivity contribution in [3.8, 4) is 0 Å². The Balaban J connectivity index is 2.14. The Hall–Kier alpha value is 0.0700. The van der Waals surface area contributed by atoms with Crippen molar-refractivity contribution in [3.05, 3.63) is 0 Å². The highest BCUT2D eigenvalue weighted by Gasteiger charge is 2.52. The molecule has 0 unspecified atom stereocenters. The second-order valence-corrected chi connectivity index (χ2v) is 8.53. The third-order valence-corrected chi connectivity index (χ3v) is 6.14. The molecule has 5 nitrogen and oxygen atoms in total. The minimum atomic E-state index is -4.50. The zero-order chi connectivity index (χ0) is 16.1. The second kappa shape index (κ2) is 8.25. The largest absolute Gasteiger partial charge is 0.384 e. The van der Waals surface area contributed by atoms with Gasteiger partial charge in [0, 0.05) is 6.42 Å². The van der Waals surface area contributed by atoms with Gasteiger partial charge in [0.1, 0.15) is 0 Å². The summed E-state index contributed by atoms with van der Waals surface area (Å²) in [4.78, 5) is 20.0. The van der Waals surface area contributed by atoms with Crippen LogP contribution in [-0.4, -0.2) is 27.5 Å². The minimum absolute atomic E-state index is 0.0866. The number of rotatable bonds is 7. The summed E-state index contributed by atoms with van der Waals surface area (Å²) >= 11 is 0. The van der Waals surface area contributed by atoms with Gasteiger partial charge in [-0.25, -0.2) is 0 Å². The van der Waals surface area contributed by atoms with Crippen molar-refractivity contribution in [2.75, 3.05) is 0 Å². The molecule has 2 fully saturated rings. The van der Waals surface area contributed by atoms with Crippen LogP contribution >= 0.6 is 7.60 Å². The average Bonchev–Trinajstić information content (AvgIpc) is 2.48. The van der Waals surface area contributed by atoms with E-state index in [4.69, 9.17) is 9.47 Å². The first-order chi connectivity index (χ1) is 10.5. The normalized spacial score (nSPS) is 22.9. The van der Waals surface area contributed by atoms with Gasteiger partial charge in [0.2, 0.25) is 0 Å². The van der Waals surface area contributed by atoms with Crippen molar-refractivity contribution >= 4 is 7.60 Å². The molecule has 0 atom stereocenters. The predicted molar refractivity (Wildman–Crippen MR) is 85.6 cm³/mol. The van der Waals surface area contributed by atoms with Crippen LogP contribution in [0.1, 0.15) is 84.0 Å². The maximum absolute atomic E-state index is 12.2. The van der Waals surface area contributed by atoms with E-state index in [0.717, 1.165) is 51.4 Å². The maximum Gasteiger partial charge on any atom is 0.384 e. The van der Waals surface area contributed by atoms with Crippen molar-refractivity contribution in [2.45, 2.75) is 102 Å². The van der Waals surface area contributed by atoms with Crippen LogP contribution in [0.2, 0.25) is 0 Å². The first kappa shape index (κ1) is 18.4. The summed E-state index contributed by atoms with van der Waals surface area (Å²) in [6.45, 7) is 1.92. The Morgan fingerprint density at radius 3 is 1.64 bits per heavy atom. The zero-order valence-electron chi connectivity index (χ0n) is 13.7. The van der Waals surface area contributed by atoms with Crippen LogP contribution in [0.15, 0.2) is 0 Å². The standard InChI is InChI=1S/C16H31O5P/c1-2-13-16(22(17,18)19,20-14-9-5-3-6-10-14)21-15-11-7-4-8-12-15/h14-15H,2-13H2,1H3,(H2,17,18,19). The quantitative estimate of drug-likeness (QED) is 0.536. The van der Waals surface area contributed by atoms with Crippen molar-refractivity contribution in [3.63, 3.8) is 0 Å². The van der Waals surface area contributed by atoms with Gasteiger partial charge in [-0.05, 0) is 25.7 Å². The van der Waals surface area contributed by atoms with Gasteiger partial charge in [0.15, 0.2) is 0 Å². The summed E-state index contributed by atoms with van der Waals surface area (Å²) in [6.07, 6.45) is 10.8. The van der Waals surface area contributed by atoms with E-state index in [1.54, 1.807) is 0 Å². The van der Waals surface area contributed by atoms with Gasteiger partial charge < -0.3 is 19.3 Å². The molecule has 2 aliphatic carbocycles. The molecule has 22 heavy (non-hydrogen) atoms. The molecule has 0 aromatic rings. The van der Waals surface area contributed by atoms with Crippen molar-refractivity contribution in [1.29, 1.82) is 0 Å². The van der Waals surface area contributed by atoms with Gasteiger partial charge in [-0.15, -0.1) is 0 Å². The van der Waals surface area contributed by atoms with Gasteiger partial charge in [-0.1, -0.05) is 51.9 Å². The molecule has 0 amide bonds. The van der Waals surface area contributed by atoms with Crippen molar-refractivity contribution in [2.24, 2.45) is 0 Å². The predicted octanol–water partition coefficient (Wildman–Crippen LogP) is 4.32. The summed E-state index contributed by atoms with van der Waals surface area (Å²) in [7, 11) is -4.50. The molecule has 6 heteroatoms. The first-order valence-electron chi connectivity index (χ1n) is 8.88. The maximum atomic E-state index is 12.2. The van der Waals surface area contributed by atoms with Gasteiger partial charge in [-0.2, -0.15) is 0 Å². The summed E-state index contributed by atoms with van der Waals surface area (Å²) in [5.41, 5.74) is -1.73. The molecule has 0 spiro atoms.